The Balaban J connectivity index is 1.44. The lowest BCUT2D eigenvalue weighted by Gasteiger charge is -2.34. The number of hydrogen-bond donors (Lipinski definition) is 0. The lowest BCUT2D eigenvalue weighted by molar-refractivity contribution is 0.150. The van der Waals surface area contributed by atoms with Gasteiger partial charge in [0, 0.05) is 31.5 Å². The Morgan fingerprint density at radius 3 is 2.63 bits per heavy atom. The molecule has 0 spiro atoms. The fourth-order valence-electron chi connectivity index (χ4n) is 5.00. The van der Waals surface area contributed by atoms with Crippen molar-refractivity contribution in [1.82, 2.24) is 9.88 Å². The minimum Gasteiger partial charge on any atom is -0.381 e. The molecule has 30 heavy (non-hydrogen) atoms. The first-order valence-electron chi connectivity index (χ1n) is 11.3. The zero-order valence-electron chi connectivity index (χ0n) is 17.5. The van der Waals surface area contributed by atoms with Crippen molar-refractivity contribution in [2.24, 2.45) is 5.92 Å². The number of piperidine rings is 1. The first-order valence-corrected chi connectivity index (χ1v) is 11.3. The van der Waals surface area contributed by atoms with Crippen LogP contribution in [0.4, 0.5) is 0 Å². The van der Waals surface area contributed by atoms with Gasteiger partial charge in [0.25, 0.3) is 0 Å². The Kier molecular flexibility index (Phi) is 5.91. The van der Waals surface area contributed by atoms with Gasteiger partial charge >= 0.3 is 0 Å². The van der Waals surface area contributed by atoms with E-state index in [-0.39, 0.29) is 0 Å². The maximum absolute atomic E-state index is 5.60. The Morgan fingerprint density at radius 1 is 0.933 bits per heavy atom. The topological polar surface area (TPSA) is 25.4 Å². The van der Waals surface area contributed by atoms with E-state index in [1.165, 1.54) is 54.6 Å². The van der Waals surface area contributed by atoms with E-state index in [9.17, 15) is 0 Å². The molecule has 0 aliphatic carbocycles. The lowest BCUT2D eigenvalue weighted by Crippen LogP contribution is -2.37. The molecule has 3 aromatic rings. The van der Waals surface area contributed by atoms with E-state index in [2.05, 4.69) is 70.5 Å². The Bertz CT molecular complexity index is 951. The van der Waals surface area contributed by atoms with Crippen molar-refractivity contribution in [3.8, 4) is 22.4 Å². The Morgan fingerprint density at radius 2 is 1.83 bits per heavy atom. The van der Waals surface area contributed by atoms with Gasteiger partial charge in [-0.15, -0.1) is 0 Å². The van der Waals surface area contributed by atoms with Crippen LogP contribution in [0.25, 0.3) is 22.4 Å². The molecule has 0 N–H and O–H groups in total. The van der Waals surface area contributed by atoms with Gasteiger partial charge in [-0.2, -0.15) is 0 Å². The van der Waals surface area contributed by atoms with Gasteiger partial charge in [-0.3, -0.25) is 4.98 Å². The highest BCUT2D eigenvalue weighted by Gasteiger charge is 2.26. The van der Waals surface area contributed by atoms with Crippen LogP contribution in [0.2, 0.25) is 0 Å². The summed E-state index contributed by atoms with van der Waals surface area (Å²) in [6, 6.07) is 23.9. The Hall–Kier alpha value is -2.49. The highest BCUT2D eigenvalue weighted by molar-refractivity contribution is 5.82. The average molecular weight is 399 g/mol. The monoisotopic (exact) mass is 398 g/mol. The molecule has 5 rings (SSSR count). The van der Waals surface area contributed by atoms with Gasteiger partial charge in [0.15, 0.2) is 0 Å². The molecule has 3 nitrogen and oxygen atoms in total. The van der Waals surface area contributed by atoms with Crippen molar-refractivity contribution in [3.63, 3.8) is 0 Å². The number of rotatable bonds is 5. The molecule has 2 atom stereocenters. The van der Waals surface area contributed by atoms with Crippen LogP contribution < -0.4 is 0 Å². The van der Waals surface area contributed by atoms with Crippen LogP contribution in [0.15, 0.2) is 72.9 Å². The van der Waals surface area contributed by atoms with Crippen LogP contribution in [0.5, 0.6) is 0 Å². The molecule has 1 unspecified atom stereocenters. The smallest absolute Gasteiger partial charge is 0.0708 e. The number of pyridine rings is 1. The summed E-state index contributed by atoms with van der Waals surface area (Å²) in [4.78, 5) is 7.30. The van der Waals surface area contributed by atoms with Gasteiger partial charge < -0.3 is 9.64 Å². The first kappa shape index (κ1) is 19.5. The maximum atomic E-state index is 5.60. The minimum absolute atomic E-state index is 0.598. The lowest BCUT2D eigenvalue weighted by atomic mass is 9.86. The molecule has 0 amide bonds. The molecule has 0 bridgehead atoms. The van der Waals surface area contributed by atoms with Crippen molar-refractivity contribution in [2.45, 2.75) is 25.2 Å². The molecule has 2 aliphatic heterocycles. The molecule has 2 saturated heterocycles. The molecular weight excluding hydrogens is 368 g/mol. The second-order valence-corrected chi connectivity index (χ2v) is 8.71. The van der Waals surface area contributed by atoms with Gasteiger partial charge in [-0.1, -0.05) is 54.6 Å². The second-order valence-electron chi connectivity index (χ2n) is 8.71. The van der Waals surface area contributed by atoms with Gasteiger partial charge in [-0.05, 0) is 66.5 Å². The van der Waals surface area contributed by atoms with E-state index in [0.717, 1.165) is 31.4 Å². The first-order chi connectivity index (χ1) is 14.9. The molecule has 2 aromatic carbocycles. The average Bonchev–Trinajstić information content (AvgIpc) is 3.33. The predicted molar refractivity (Wildman–Crippen MR) is 122 cm³/mol. The number of benzene rings is 2. The molecule has 2 aliphatic rings. The zero-order chi connectivity index (χ0) is 20.2. The van der Waals surface area contributed by atoms with Crippen LogP contribution in [0, 0.1) is 5.92 Å². The van der Waals surface area contributed by atoms with Crippen molar-refractivity contribution in [1.29, 1.82) is 0 Å². The summed E-state index contributed by atoms with van der Waals surface area (Å²) in [7, 11) is 0. The van der Waals surface area contributed by atoms with E-state index in [0.29, 0.717) is 5.92 Å². The van der Waals surface area contributed by atoms with E-state index < -0.39 is 0 Å². The van der Waals surface area contributed by atoms with Crippen molar-refractivity contribution in [2.75, 3.05) is 32.8 Å². The van der Waals surface area contributed by atoms with Crippen molar-refractivity contribution in [3.05, 3.63) is 78.5 Å². The van der Waals surface area contributed by atoms with Crippen LogP contribution in [0.1, 0.15) is 30.7 Å². The molecular formula is C27H30N2O. The number of ether oxygens (including phenoxy) is 1. The SMILES string of the molecule is c1ccc(-c2cc([C@H]3CCCN(CC4CCOC4)C3)ccc2-c2ccccn2)cc1. The third kappa shape index (κ3) is 4.33. The summed E-state index contributed by atoms with van der Waals surface area (Å²) in [5.74, 6) is 1.32. The van der Waals surface area contributed by atoms with E-state index in [1.54, 1.807) is 0 Å². The standard InChI is InChI=1S/C27H30N2O/c1-2-7-22(8-3-1)26-17-23(11-12-25(26)27-10-4-5-14-28-27)24-9-6-15-29(19-24)18-21-13-16-30-20-21/h1-5,7-8,10-12,14,17,21,24H,6,9,13,15-16,18-20H2/t21?,24-/m0/s1. The van der Waals surface area contributed by atoms with E-state index in [1.807, 2.05) is 12.3 Å². The summed E-state index contributed by atoms with van der Waals surface area (Å²) in [5.41, 5.74) is 6.25. The third-order valence-corrected chi connectivity index (χ3v) is 6.59. The van der Waals surface area contributed by atoms with Gasteiger partial charge in [-0.25, -0.2) is 0 Å². The van der Waals surface area contributed by atoms with Crippen LogP contribution in [0.3, 0.4) is 0 Å². The number of nitrogens with zero attached hydrogens (tertiary/aromatic N) is 2. The fraction of sp³-hybridized carbons (Fsp3) is 0.370. The largest absolute Gasteiger partial charge is 0.381 e. The molecule has 3 heteroatoms. The van der Waals surface area contributed by atoms with Crippen LogP contribution >= 0.6 is 0 Å². The molecule has 2 fully saturated rings. The van der Waals surface area contributed by atoms with Gasteiger partial charge in [0.1, 0.15) is 0 Å². The van der Waals surface area contributed by atoms with E-state index in [4.69, 9.17) is 4.74 Å². The second kappa shape index (κ2) is 9.11. The summed E-state index contributed by atoms with van der Waals surface area (Å²) < 4.78 is 5.60. The minimum atomic E-state index is 0.598. The predicted octanol–water partition coefficient (Wildman–Crippen LogP) is 5.63. The van der Waals surface area contributed by atoms with Crippen LogP contribution in [-0.4, -0.2) is 42.7 Å². The maximum Gasteiger partial charge on any atom is 0.0708 e. The Labute approximate surface area is 179 Å². The van der Waals surface area contributed by atoms with Crippen molar-refractivity contribution >= 4 is 0 Å². The quantitative estimate of drug-likeness (QED) is 0.557. The number of likely N-dealkylation sites (tertiary alicyclic amines) is 1. The third-order valence-electron chi connectivity index (χ3n) is 6.59. The summed E-state index contributed by atoms with van der Waals surface area (Å²) in [5, 5.41) is 0. The van der Waals surface area contributed by atoms with Crippen molar-refractivity contribution < 1.29 is 4.74 Å². The van der Waals surface area contributed by atoms with Crippen LogP contribution in [-0.2, 0) is 4.74 Å². The summed E-state index contributed by atoms with van der Waals surface area (Å²) in [6.45, 7) is 5.46. The molecule has 0 saturated carbocycles. The summed E-state index contributed by atoms with van der Waals surface area (Å²) in [6.07, 6.45) is 5.65. The molecule has 154 valence electrons. The van der Waals surface area contributed by atoms with Gasteiger partial charge in [0.05, 0.1) is 12.3 Å². The zero-order valence-corrected chi connectivity index (χ0v) is 17.5. The normalized spacial score (nSPS) is 22.3. The summed E-state index contributed by atoms with van der Waals surface area (Å²) >= 11 is 0. The highest BCUT2D eigenvalue weighted by atomic mass is 16.5. The molecule has 0 radical (unpaired) electrons. The van der Waals surface area contributed by atoms with Gasteiger partial charge in [0.2, 0.25) is 0 Å². The van der Waals surface area contributed by atoms with E-state index >= 15 is 0 Å². The number of hydrogen-bond acceptors (Lipinski definition) is 3. The molecule has 3 heterocycles. The highest BCUT2D eigenvalue weighted by Crippen LogP contribution is 2.36. The fourth-order valence-corrected chi connectivity index (χ4v) is 5.00. The molecule has 1 aromatic heterocycles. The number of aromatic nitrogens is 1.